The van der Waals surface area contributed by atoms with Crippen molar-refractivity contribution in [2.45, 2.75) is 0 Å². The largest absolute Gasteiger partial charge is 0.482 e. The van der Waals surface area contributed by atoms with Crippen molar-refractivity contribution in [3.8, 4) is 5.75 Å². The van der Waals surface area contributed by atoms with E-state index in [9.17, 15) is 9.59 Å². The predicted molar refractivity (Wildman–Crippen MR) is 67.1 cm³/mol. The second kappa shape index (κ2) is 4.45. The molecule has 0 saturated heterocycles. The highest BCUT2D eigenvalue weighted by Crippen LogP contribution is 2.30. The summed E-state index contributed by atoms with van der Waals surface area (Å²) in [6.45, 7) is -0.0229. The fourth-order valence-electron chi connectivity index (χ4n) is 1.73. The van der Waals surface area contributed by atoms with E-state index in [1.807, 2.05) is 0 Å². The highest BCUT2D eigenvalue weighted by Gasteiger charge is 2.16. The van der Waals surface area contributed by atoms with Crippen molar-refractivity contribution >= 4 is 23.2 Å². The molecule has 2 amide bonds. The number of hydrogen-bond donors (Lipinski definition) is 3. The van der Waals surface area contributed by atoms with Crippen LogP contribution in [0.3, 0.4) is 0 Å². The third-order valence-electron chi connectivity index (χ3n) is 2.62. The van der Waals surface area contributed by atoms with Crippen molar-refractivity contribution in [1.29, 1.82) is 0 Å². The minimum Gasteiger partial charge on any atom is -0.482 e. The lowest BCUT2D eigenvalue weighted by Crippen LogP contribution is -2.25. The Labute approximate surface area is 108 Å². The van der Waals surface area contributed by atoms with Crippen LogP contribution in [0, 0.1) is 0 Å². The number of amides is 2. The van der Waals surface area contributed by atoms with Gasteiger partial charge in [-0.05, 0) is 12.1 Å². The van der Waals surface area contributed by atoms with Gasteiger partial charge in [0.05, 0.1) is 18.2 Å². The van der Waals surface area contributed by atoms with E-state index >= 15 is 0 Å². The van der Waals surface area contributed by atoms with Gasteiger partial charge in [-0.1, -0.05) is 0 Å². The van der Waals surface area contributed by atoms with Gasteiger partial charge in [0.25, 0.3) is 11.8 Å². The molecule has 96 valence electrons. The number of H-pyrrole nitrogens is 1. The van der Waals surface area contributed by atoms with Crippen LogP contribution in [0.15, 0.2) is 30.7 Å². The lowest BCUT2D eigenvalue weighted by molar-refractivity contribution is -0.118. The Balaban J connectivity index is 1.79. The number of ether oxygens (including phenoxy) is 1. The average molecular weight is 258 g/mol. The van der Waals surface area contributed by atoms with E-state index in [1.165, 1.54) is 12.5 Å². The Kier molecular flexibility index (Phi) is 2.64. The number of anilines is 2. The van der Waals surface area contributed by atoms with Crippen LogP contribution in [0.5, 0.6) is 5.75 Å². The third-order valence-corrected chi connectivity index (χ3v) is 2.62. The fraction of sp³-hybridized carbons (Fsp3) is 0.0833. The molecule has 1 aliphatic rings. The van der Waals surface area contributed by atoms with E-state index in [0.717, 1.165) is 0 Å². The molecular weight excluding hydrogens is 248 g/mol. The lowest BCUT2D eigenvalue weighted by Gasteiger charge is -2.18. The van der Waals surface area contributed by atoms with Crippen molar-refractivity contribution in [3.63, 3.8) is 0 Å². The first kappa shape index (κ1) is 11.3. The van der Waals surface area contributed by atoms with E-state index in [2.05, 4.69) is 20.6 Å². The first-order chi connectivity index (χ1) is 9.22. The Morgan fingerprint density at radius 1 is 1.42 bits per heavy atom. The van der Waals surface area contributed by atoms with Gasteiger partial charge in [-0.15, -0.1) is 0 Å². The zero-order chi connectivity index (χ0) is 13.2. The monoisotopic (exact) mass is 258 g/mol. The SMILES string of the molecule is O=C1COc2cc(NC(=O)c3cnc[nH]3)ccc2N1. The van der Waals surface area contributed by atoms with Crippen LogP contribution < -0.4 is 15.4 Å². The molecule has 0 bridgehead atoms. The lowest BCUT2D eigenvalue weighted by atomic mass is 10.2. The highest BCUT2D eigenvalue weighted by molar-refractivity contribution is 6.03. The van der Waals surface area contributed by atoms with E-state index in [1.54, 1.807) is 18.2 Å². The number of benzene rings is 1. The molecule has 0 saturated carbocycles. The second-order valence-electron chi connectivity index (χ2n) is 3.97. The molecule has 0 unspecified atom stereocenters. The number of fused-ring (bicyclic) bond motifs is 1. The summed E-state index contributed by atoms with van der Waals surface area (Å²) in [5.41, 5.74) is 1.54. The number of carbonyl (C=O) groups excluding carboxylic acids is 2. The minimum atomic E-state index is -0.294. The van der Waals surface area contributed by atoms with E-state index in [0.29, 0.717) is 22.8 Å². The Morgan fingerprint density at radius 3 is 3.11 bits per heavy atom. The maximum absolute atomic E-state index is 11.8. The highest BCUT2D eigenvalue weighted by atomic mass is 16.5. The van der Waals surface area contributed by atoms with Crippen molar-refractivity contribution in [2.75, 3.05) is 17.2 Å². The summed E-state index contributed by atoms with van der Waals surface area (Å²) >= 11 is 0. The smallest absolute Gasteiger partial charge is 0.273 e. The van der Waals surface area contributed by atoms with Crippen LogP contribution in [-0.4, -0.2) is 28.4 Å². The zero-order valence-corrected chi connectivity index (χ0v) is 9.77. The predicted octanol–water partition coefficient (Wildman–Crippen LogP) is 0.993. The van der Waals surface area contributed by atoms with Gasteiger partial charge in [0, 0.05) is 11.8 Å². The van der Waals surface area contributed by atoms with Gasteiger partial charge in [-0.2, -0.15) is 0 Å². The zero-order valence-electron chi connectivity index (χ0n) is 9.77. The summed E-state index contributed by atoms with van der Waals surface area (Å²) in [7, 11) is 0. The Hall–Kier alpha value is -2.83. The molecular formula is C12H10N4O3. The summed E-state index contributed by atoms with van der Waals surface area (Å²) < 4.78 is 5.27. The maximum atomic E-state index is 11.8. The molecule has 1 aromatic carbocycles. The maximum Gasteiger partial charge on any atom is 0.273 e. The number of imidazole rings is 1. The summed E-state index contributed by atoms with van der Waals surface area (Å²) in [5.74, 6) is 0.0426. The molecule has 1 aromatic heterocycles. The standard InChI is InChI=1S/C12H10N4O3/c17-11-5-19-10-3-7(1-2-8(10)16-11)15-12(18)9-4-13-6-14-9/h1-4,6H,5H2,(H,13,14)(H,15,18)(H,16,17). The van der Waals surface area contributed by atoms with Gasteiger partial charge in [-0.25, -0.2) is 4.98 Å². The number of aromatic nitrogens is 2. The summed E-state index contributed by atoms with van der Waals surface area (Å²) in [4.78, 5) is 29.4. The van der Waals surface area contributed by atoms with Crippen molar-refractivity contribution in [2.24, 2.45) is 0 Å². The van der Waals surface area contributed by atoms with Crippen LogP contribution in [0.1, 0.15) is 10.5 Å². The number of carbonyl (C=O) groups is 2. The molecule has 0 atom stereocenters. The van der Waals surface area contributed by atoms with Crippen LogP contribution in [0.2, 0.25) is 0 Å². The van der Waals surface area contributed by atoms with Gasteiger partial charge >= 0.3 is 0 Å². The van der Waals surface area contributed by atoms with Gasteiger partial charge in [-0.3, -0.25) is 9.59 Å². The topological polar surface area (TPSA) is 96.1 Å². The molecule has 7 nitrogen and oxygen atoms in total. The normalized spacial score (nSPS) is 13.2. The molecule has 0 aliphatic carbocycles. The van der Waals surface area contributed by atoms with Crippen LogP contribution in [0.25, 0.3) is 0 Å². The molecule has 3 rings (SSSR count). The number of nitrogens with one attached hydrogen (secondary N) is 3. The van der Waals surface area contributed by atoms with Crippen molar-refractivity contribution in [1.82, 2.24) is 9.97 Å². The molecule has 0 fully saturated rings. The van der Waals surface area contributed by atoms with Crippen LogP contribution >= 0.6 is 0 Å². The Bertz CT molecular complexity index is 636. The molecule has 0 radical (unpaired) electrons. The molecule has 0 spiro atoms. The second-order valence-corrected chi connectivity index (χ2v) is 3.97. The molecule has 2 aromatic rings. The molecule has 2 heterocycles. The third kappa shape index (κ3) is 2.25. The van der Waals surface area contributed by atoms with Crippen molar-refractivity contribution in [3.05, 3.63) is 36.4 Å². The molecule has 1 aliphatic heterocycles. The summed E-state index contributed by atoms with van der Waals surface area (Å²) in [6.07, 6.45) is 2.87. The molecule has 19 heavy (non-hydrogen) atoms. The van der Waals surface area contributed by atoms with Gasteiger partial charge in [0.1, 0.15) is 11.4 Å². The van der Waals surface area contributed by atoms with Gasteiger partial charge < -0.3 is 20.4 Å². The number of aromatic amines is 1. The van der Waals surface area contributed by atoms with Gasteiger partial charge in [0.2, 0.25) is 0 Å². The number of nitrogens with zero attached hydrogens (tertiary/aromatic N) is 1. The number of hydrogen-bond acceptors (Lipinski definition) is 4. The van der Waals surface area contributed by atoms with Crippen LogP contribution in [-0.2, 0) is 4.79 Å². The fourth-order valence-corrected chi connectivity index (χ4v) is 1.73. The summed E-state index contributed by atoms with van der Waals surface area (Å²) in [5, 5.41) is 5.38. The molecule has 3 N–H and O–H groups in total. The Morgan fingerprint density at radius 2 is 2.32 bits per heavy atom. The first-order valence-electron chi connectivity index (χ1n) is 5.59. The molecule has 7 heteroatoms. The number of rotatable bonds is 2. The van der Waals surface area contributed by atoms with Crippen molar-refractivity contribution < 1.29 is 14.3 Å². The van der Waals surface area contributed by atoms with E-state index in [-0.39, 0.29) is 18.4 Å². The first-order valence-corrected chi connectivity index (χ1v) is 5.59. The minimum absolute atomic E-state index is 0.0229. The summed E-state index contributed by atoms with van der Waals surface area (Å²) in [6, 6.07) is 5.01. The van der Waals surface area contributed by atoms with E-state index < -0.39 is 0 Å². The van der Waals surface area contributed by atoms with Gasteiger partial charge in [0.15, 0.2) is 6.61 Å². The van der Waals surface area contributed by atoms with E-state index in [4.69, 9.17) is 4.74 Å². The quantitative estimate of drug-likeness (QED) is 0.748. The van der Waals surface area contributed by atoms with Crippen LogP contribution in [0.4, 0.5) is 11.4 Å². The average Bonchev–Trinajstić information content (AvgIpc) is 2.93.